The molecule has 1 saturated heterocycles. The largest absolute Gasteiger partial charge is 0.376 e. The van der Waals surface area contributed by atoms with Crippen LogP contribution in [0.2, 0.25) is 0 Å². The lowest BCUT2D eigenvalue weighted by Gasteiger charge is -2.40. The van der Waals surface area contributed by atoms with Crippen molar-refractivity contribution in [1.29, 1.82) is 0 Å². The molecule has 1 aromatic carbocycles. The highest BCUT2D eigenvalue weighted by atomic mass is 16.5. The van der Waals surface area contributed by atoms with Gasteiger partial charge in [-0.3, -0.25) is 4.90 Å². The van der Waals surface area contributed by atoms with Gasteiger partial charge in [-0.15, -0.1) is 0 Å². The molecule has 20 heavy (non-hydrogen) atoms. The zero-order valence-corrected chi connectivity index (χ0v) is 13.2. The summed E-state index contributed by atoms with van der Waals surface area (Å²) in [6.45, 7) is 9.55. The fourth-order valence-electron chi connectivity index (χ4n) is 3.07. The second-order valence-corrected chi connectivity index (χ2v) is 5.86. The molecule has 0 aromatic heterocycles. The van der Waals surface area contributed by atoms with Crippen LogP contribution in [-0.2, 0) is 4.74 Å². The fraction of sp³-hybridized carbons (Fsp3) is 0.647. The Bertz CT molecular complexity index is 421. The number of likely N-dealkylation sites (N-methyl/N-ethyl adjacent to an activating group) is 1. The van der Waals surface area contributed by atoms with Crippen LogP contribution in [0.3, 0.4) is 0 Å². The number of benzene rings is 1. The smallest absolute Gasteiger partial charge is 0.0674 e. The van der Waals surface area contributed by atoms with Crippen molar-refractivity contribution in [3.63, 3.8) is 0 Å². The van der Waals surface area contributed by atoms with E-state index in [1.165, 1.54) is 11.1 Å². The van der Waals surface area contributed by atoms with E-state index in [2.05, 4.69) is 62.3 Å². The summed E-state index contributed by atoms with van der Waals surface area (Å²) in [5.74, 6) is 0. The van der Waals surface area contributed by atoms with Gasteiger partial charge in [-0.2, -0.15) is 0 Å². The summed E-state index contributed by atoms with van der Waals surface area (Å²) in [4.78, 5) is 2.59. The van der Waals surface area contributed by atoms with Crippen molar-refractivity contribution in [1.82, 2.24) is 10.2 Å². The van der Waals surface area contributed by atoms with Crippen LogP contribution < -0.4 is 5.32 Å². The van der Waals surface area contributed by atoms with Crippen molar-refractivity contribution in [3.8, 4) is 0 Å². The summed E-state index contributed by atoms with van der Waals surface area (Å²) in [5.41, 5.74) is 2.77. The number of ether oxygens (including phenoxy) is 1. The van der Waals surface area contributed by atoms with E-state index in [1.54, 1.807) is 0 Å². The average molecular weight is 276 g/mol. The number of nitrogens with zero attached hydrogens (tertiary/aromatic N) is 1. The molecule has 1 fully saturated rings. The Labute approximate surface area is 123 Å². The number of aryl methyl sites for hydroxylation is 1. The van der Waals surface area contributed by atoms with Crippen LogP contribution >= 0.6 is 0 Å². The van der Waals surface area contributed by atoms with Gasteiger partial charge in [0, 0.05) is 25.2 Å². The standard InChI is InChI=1S/C17H28N2O/c1-5-15-12-20-14(3)10-19(15)11-17(18-4)16-9-7-6-8-13(16)2/h6-9,14-15,17-18H,5,10-12H2,1-4H3. The van der Waals surface area contributed by atoms with Gasteiger partial charge in [0.15, 0.2) is 0 Å². The van der Waals surface area contributed by atoms with E-state index in [-0.39, 0.29) is 0 Å². The topological polar surface area (TPSA) is 24.5 Å². The maximum Gasteiger partial charge on any atom is 0.0674 e. The summed E-state index contributed by atoms with van der Waals surface area (Å²) in [5, 5.41) is 3.48. The van der Waals surface area contributed by atoms with Gasteiger partial charge in [-0.25, -0.2) is 0 Å². The lowest BCUT2D eigenvalue weighted by Crippen LogP contribution is -2.50. The number of hydrogen-bond donors (Lipinski definition) is 1. The van der Waals surface area contributed by atoms with Gasteiger partial charge >= 0.3 is 0 Å². The molecule has 1 N–H and O–H groups in total. The molecule has 1 aromatic rings. The van der Waals surface area contributed by atoms with Gasteiger partial charge in [0.05, 0.1) is 12.7 Å². The molecule has 2 rings (SSSR count). The number of rotatable bonds is 5. The molecular formula is C17H28N2O. The monoisotopic (exact) mass is 276 g/mol. The second kappa shape index (κ2) is 7.21. The van der Waals surface area contributed by atoms with Crippen LogP contribution in [0.15, 0.2) is 24.3 Å². The first-order valence-electron chi connectivity index (χ1n) is 7.74. The van der Waals surface area contributed by atoms with Crippen LogP contribution in [0, 0.1) is 6.92 Å². The average Bonchev–Trinajstić information content (AvgIpc) is 2.46. The SMILES string of the molecule is CCC1COC(C)CN1CC(NC)c1ccccc1C. The Hall–Kier alpha value is -0.900. The second-order valence-electron chi connectivity index (χ2n) is 5.86. The number of hydrogen-bond acceptors (Lipinski definition) is 3. The van der Waals surface area contributed by atoms with E-state index in [4.69, 9.17) is 4.74 Å². The maximum atomic E-state index is 5.79. The van der Waals surface area contributed by atoms with Crippen LogP contribution in [-0.4, -0.2) is 43.8 Å². The van der Waals surface area contributed by atoms with E-state index >= 15 is 0 Å². The molecule has 1 heterocycles. The van der Waals surface area contributed by atoms with Crippen molar-refractivity contribution >= 4 is 0 Å². The third-order valence-corrected chi connectivity index (χ3v) is 4.38. The molecule has 1 aliphatic rings. The summed E-state index contributed by atoms with van der Waals surface area (Å²) in [6.07, 6.45) is 1.49. The summed E-state index contributed by atoms with van der Waals surface area (Å²) < 4.78 is 5.79. The Kier molecular flexibility index (Phi) is 5.58. The number of nitrogens with one attached hydrogen (secondary N) is 1. The molecule has 0 amide bonds. The van der Waals surface area contributed by atoms with Crippen molar-refractivity contribution < 1.29 is 4.74 Å². The molecular weight excluding hydrogens is 248 g/mol. The molecule has 0 radical (unpaired) electrons. The maximum absolute atomic E-state index is 5.79. The zero-order valence-electron chi connectivity index (χ0n) is 13.2. The minimum Gasteiger partial charge on any atom is -0.376 e. The van der Waals surface area contributed by atoms with E-state index in [9.17, 15) is 0 Å². The van der Waals surface area contributed by atoms with E-state index in [0.717, 1.165) is 26.1 Å². The quantitative estimate of drug-likeness (QED) is 0.895. The molecule has 1 aliphatic heterocycles. The third kappa shape index (κ3) is 3.60. The van der Waals surface area contributed by atoms with Gasteiger partial charge in [0.2, 0.25) is 0 Å². The Morgan fingerprint density at radius 2 is 2.15 bits per heavy atom. The third-order valence-electron chi connectivity index (χ3n) is 4.38. The molecule has 0 spiro atoms. The Morgan fingerprint density at radius 3 is 2.80 bits per heavy atom. The Balaban J connectivity index is 2.10. The minimum absolute atomic E-state index is 0.340. The zero-order chi connectivity index (χ0) is 14.5. The van der Waals surface area contributed by atoms with Crippen molar-refractivity contribution in [2.24, 2.45) is 0 Å². The van der Waals surface area contributed by atoms with Gasteiger partial charge < -0.3 is 10.1 Å². The van der Waals surface area contributed by atoms with Gasteiger partial charge in [-0.1, -0.05) is 31.2 Å². The van der Waals surface area contributed by atoms with E-state index in [1.807, 2.05) is 0 Å². The first-order valence-corrected chi connectivity index (χ1v) is 7.74. The highest BCUT2D eigenvalue weighted by Gasteiger charge is 2.27. The normalized spacial score (nSPS) is 25.6. The molecule has 3 atom stereocenters. The minimum atomic E-state index is 0.340. The summed E-state index contributed by atoms with van der Waals surface area (Å²) >= 11 is 0. The van der Waals surface area contributed by atoms with Crippen molar-refractivity contribution in [3.05, 3.63) is 35.4 Å². The van der Waals surface area contributed by atoms with Gasteiger partial charge in [0.1, 0.15) is 0 Å². The lowest BCUT2D eigenvalue weighted by atomic mass is 9.99. The van der Waals surface area contributed by atoms with E-state index < -0.39 is 0 Å². The molecule has 3 heteroatoms. The predicted molar refractivity (Wildman–Crippen MR) is 84.0 cm³/mol. The Morgan fingerprint density at radius 1 is 1.40 bits per heavy atom. The molecule has 3 nitrogen and oxygen atoms in total. The van der Waals surface area contributed by atoms with Gasteiger partial charge in [-0.05, 0) is 38.4 Å². The number of morpholine rings is 1. The van der Waals surface area contributed by atoms with Crippen LogP contribution in [0.25, 0.3) is 0 Å². The summed E-state index contributed by atoms with van der Waals surface area (Å²) in [6, 6.07) is 9.60. The molecule has 3 unspecified atom stereocenters. The van der Waals surface area contributed by atoms with Crippen molar-refractivity contribution in [2.75, 3.05) is 26.7 Å². The lowest BCUT2D eigenvalue weighted by molar-refractivity contribution is -0.0584. The highest BCUT2D eigenvalue weighted by molar-refractivity contribution is 5.29. The molecule has 112 valence electrons. The molecule has 0 saturated carbocycles. The first kappa shape index (κ1) is 15.5. The fourth-order valence-corrected chi connectivity index (χ4v) is 3.07. The first-order chi connectivity index (χ1) is 9.65. The highest BCUT2D eigenvalue weighted by Crippen LogP contribution is 2.22. The van der Waals surface area contributed by atoms with E-state index in [0.29, 0.717) is 18.2 Å². The van der Waals surface area contributed by atoms with Crippen LogP contribution in [0.4, 0.5) is 0 Å². The predicted octanol–water partition coefficient (Wildman–Crippen LogP) is 2.75. The molecule has 0 aliphatic carbocycles. The van der Waals surface area contributed by atoms with Crippen LogP contribution in [0.1, 0.15) is 37.4 Å². The van der Waals surface area contributed by atoms with Crippen molar-refractivity contribution in [2.45, 2.75) is 45.4 Å². The van der Waals surface area contributed by atoms with Gasteiger partial charge in [0.25, 0.3) is 0 Å². The molecule has 0 bridgehead atoms. The summed E-state index contributed by atoms with van der Waals surface area (Å²) in [7, 11) is 2.06. The van der Waals surface area contributed by atoms with Crippen LogP contribution in [0.5, 0.6) is 0 Å².